The molecule has 1 aromatic rings. The Kier molecular flexibility index (Phi) is 9.07. The number of aromatic nitrogens is 2. The first-order valence-electron chi connectivity index (χ1n) is 5.33. The molecule has 0 spiro atoms. The molecule has 1 heterocycles. The van der Waals surface area contributed by atoms with Crippen LogP contribution in [0.3, 0.4) is 0 Å². The molecule has 1 unspecified atom stereocenters. The lowest BCUT2D eigenvalue weighted by molar-refractivity contribution is -0.671. The smallest absolute Gasteiger partial charge is 0.243 e. The second-order valence-electron chi connectivity index (χ2n) is 3.28. The van der Waals surface area contributed by atoms with Crippen molar-refractivity contribution in [1.82, 2.24) is 4.57 Å². The van der Waals surface area contributed by atoms with E-state index in [0.717, 1.165) is 6.54 Å². The molecule has 0 aromatic carbocycles. The molecule has 16 heavy (non-hydrogen) atoms. The minimum Gasteiger partial charge on any atom is -0.750 e. The van der Waals surface area contributed by atoms with Crippen molar-refractivity contribution in [2.45, 2.75) is 33.2 Å². The molecule has 1 rings (SSSR count). The number of hydrogen-bond acceptors (Lipinski definition) is 3. The summed E-state index contributed by atoms with van der Waals surface area (Å²) < 4.78 is 27.0. The van der Waals surface area contributed by atoms with Crippen LogP contribution in [0.4, 0.5) is 0 Å². The quantitative estimate of drug-likeness (QED) is 0.575. The fraction of sp³-hybridized carbons (Fsp3) is 0.700. The van der Waals surface area contributed by atoms with Crippen LogP contribution in [0.1, 0.15) is 26.7 Å². The van der Waals surface area contributed by atoms with Crippen molar-refractivity contribution < 1.29 is 17.5 Å². The van der Waals surface area contributed by atoms with Crippen molar-refractivity contribution in [3.05, 3.63) is 18.7 Å². The highest BCUT2D eigenvalue weighted by molar-refractivity contribution is 7.74. The van der Waals surface area contributed by atoms with Gasteiger partial charge >= 0.3 is 0 Å². The monoisotopic (exact) mass is 248 g/mol. The molecule has 0 aliphatic rings. The largest absolute Gasteiger partial charge is 0.750 e. The maximum absolute atomic E-state index is 9.38. The first kappa shape index (κ1) is 15.3. The lowest BCUT2D eigenvalue weighted by Crippen LogP contribution is -2.23. The molecule has 0 saturated heterocycles. The predicted molar refractivity (Wildman–Crippen MR) is 61.1 cm³/mol. The summed E-state index contributed by atoms with van der Waals surface area (Å²) >= 11 is -2.32. The maximum atomic E-state index is 9.38. The Morgan fingerprint density at radius 3 is 2.50 bits per heavy atom. The standard InChI is InChI=1S/C8H15N2.C2H6O3S/c1-3-4-5-10-7-6-9(2)8-10;1-2-5-6(3)4/h6-8H,3-5H2,1-2H3;2H2,1H3,(H,3,4)/q+1;/p-1. The molecule has 5 nitrogen and oxygen atoms in total. The molecule has 0 bridgehead atoms. The van der Waals surface area contributed by atoms with Crippen LogP contribution in [0.2, 0.25) is 0 Å². The molecule has 94 valence electrons. The second-order valence-corrected chi connectivity index (χ2v) is 3.93. The third-order valence-corrected chi connectivity index (χ3v) is 2.24. The van der Waals surface area contributed by atoms with Crippen LogP contribution in [-0.4, -0.2) is 19.9 Å². The second kappa shape index (κ2) is 9.50. The Morgan fingerprint density at radius 1 is 1.50 bits per heavy atom. The van der Waals surface area contributed by atoms with E-state index < -0.39 is 11.4 Å². The van der Waals surface area contributed by atoms with Gasteiger partial charge in [0.1, 0.15) is 12.4 Å². The summed E-state index contributed by atoms with van der Waals surface area (Å²) in [5.41, 5.74) is 0. The van der Waals surface area contributed by atoms with Gasteiger partial charge in [-0.3, -0.25) is 0 Å². The summed E-state index contributed by atoms with van der Waals surface area (Å²) in [4.78, 5) is 0. The van der Waals surface area contributed by atoms with Crippen LogP contribution < -0.4 is 4.57 Å². The Hall–Kier alpha value is -0.720. The Balaban J connectivity index is 0.000000325. The van der Waals surface area contributed by atoms with Gasteiger partial charge in [0.05, 0.1) is 31.6 Å². The van der Waals surface area contributed by atoms with Crippen LogP contribution in [0.25, 0.3) is 0 Å². The zero-order chi connectivity index (χ0) is 12.4. The van der Waals surface area contributed by atoms with Gasteiger partial charge in [-0.1, -0.05) is 13.3 Å². The summed E-state index contributed by atoms with van der Waals surface area (Å²) in [7, 11) is 2.04. The molecular formula is C10H20N2O3S. The summed E-state index contributed by atoms with van der Waals surface area (Å²) in [5.74, 6) is 0. The highest BCUT2D eigenvalue weighted by Gasteiger charge is 1.96. The van der Waals surface area contributed by atoms with Crippen LogP contribution in [0, 0.1) is 0 Å². The van der Waals surface area contributed by atoms with Crippen molar-refractivity contribution in [3.63, 3.8) is 0 Å². The van der Waals surface area contributed by atoms with Crippen molar-refractivity contribution >= 4 is 11.4 Å². The molecule has 0 radical (unpaired) electrons. The molecule has 0 saturated carbocycles. The van der Waals surface area contributed by atoms with Gasteiger partial charge in [0.15, 0.2) is 0 Å². The van der Waals surface area contributed by atoms with Gasteiger partial charge < -0.3 is 8.74 Å². The summed E-state index contributed by atoms with van der Waals surface area (Å²) in [6, 6.07) is 0. The van der Waals surface area contributed by atoms with Gasteiger partial charge in [-0.15, -0.1) is 0 Å². The minimum absolute atomic E-state index is 0.218. The molecule has 0 fully saturated rings. The van der Waals surface area contributed by atoms with E-state index in [2.05, 4.69) is 39.0 Å². The maximum Gasteiger partial charge on any atom is 0.243 e. The number of rotatable bonds is 5. The highest BCUT2D eigenvalue weighted by Crippen LogP contribution is 1.91. The van der Waals surface area contributed by atoms with E-state index in [-0.39, 0.29) is 6.61 Å². The first-order chi connectivity index (χ1) is 7.60. The third-order valence-electron chi connectivity index (χ3n) is 1.81. The van der Waals surface area contributed by atoms with Crippen molar-refractivity contribution in [3.8, 4) is 0 Å². The summed E-state index contributed by atoms with van der Waals surface area (Å²) in [6.45, 7) is 5.19. The molecule has 0 aliphatic heterocycles. The Bertz CT molecular complexity index is 302. The zero-order valence-corrected chi connectivity index (χ0v) is 10.9. The van der Waals surface area contributed by atoms with E-state index >= 15 is 0 Å². The first-order valence-corrected chi connectivity index (χ1v) is 6.33. The highest BCUT2D eigenvalue weighted by atomic mass is 32.2. The summed E-state index contributed by atoms with van der Waals surface area (Å²) in [6.07, 6.45) is 8.82. The van der Waals surface area contributed by atoms with Gasteiger partial charge in [0, 0.05) is 0 Å². The predicted octanol–water partition coefficient (Wildman–Crippen LogP) is 0.930. The summed E-state index contributed by atoms with van der Waals surface area (Å²) in [5, 5.41) is 0. The van der Waals surface area contributed by atoms with Crippen LogP contribution in [0.15, 0.2) is 18.7 Å². The molecule has 0 aliphatic carbocycles. The Labute approximate surface area is 99.5 Å². The molecule has 1 aromatic heterocycles. The average Bonchev–Trinajstić information content (AvgIpc) is 2.62. The lowest BCUT2D eigenvalue weighted by Gasteiger charge is -1.98. The normalized spacial score (nSPS) is 11.8. The number of aryl methyl sites for hydroxylation is 2. The SMILES string of the molecule is CCCCn1cc[n+](C)c1.CCOS(=O)[O-]. The van der Waals surface area contributed by atoms with E-state index in [0.29, 0.717) is 0 Å². The van der Waals surface area contributed by atoms with Gasteiger partial charge in [-0.2, -0.15) is 0 Å². The van der Waals surface area contributed by atoms with Gasteiger partial charge in [0.2, 0.25) is 6.33 Å². The molecule has 0 N–H and O–H groups in total. The Morgan fingerprint density at radius 2 is 2.19 bits per heavy atom. The average molecular weight is 248 g/mol. The van der Waals surface area contributed by atoms with Crippen molar-refractivity contribution in [1.29, 1.82) is 0 Å². The fourth-order valence-electron chi connectivity index (χ4n) is 1.07. The lowest BCUT2D eigenvalue weighted by atomic mass is 10.3. The van der Waals surface area contributed by atoms with Gasteiger partial charge in [-0.05, 0) is 13.3 Å². The molecule has 6 heteroatoms. The molecule has 1 atom stereocenters. The zero-order valence-electron chi connectivity index (χ0n) is 10.1. The molecular weight excluding hydrogens is 228 g/mol. The van der Waals surface area contributed by atoms with E-state index in [1.807, 2.05) is 7.05 Å². The van der Waals surface area contributed by atoms with Crippen LogP contribution >= 0.6 is 0 Å². The van der Waals surface area contributed by atoms with Gasteiger partial charge in [0.25, 0.3) is 0 Å². The fourth-order valence-corrected chi connectivity index (χ4v) is 1.26. The van der Waals surface area contributed by atoms with E-state index in [1.165, 1.54) is 12.8 Å². The van der Waals surface area contributed by atoms with E-state index in [9.17, 15) is 8.76 Å². The van der Waals surface area contributed by atoms with Crippen LogP contribution in [0.5, 0.6) is 0 Å². The van der Waals surface area contributed by atoms with Gasteiger partial charge in [-0.25, -0.2) is 13.3 Å². The van der Waals surface area contributed by atoms with Crippen molar-refractivity contribution in [2.24, 2.45) is 7.05 Å². The van der Waals surface area contributed by atoms with Crippen molar-refractivity contribution in [2.75, 3.05) is 6.61 Å². The van der Waals surface area contributed by atoms with E-state index in [4.69, 9.17) is 0 Å². The van der Waals surface area contributed by atoms with Crippen LogP contribution in [-0.2, 0) is 29.1 Å². The topological polar surface area (TPSA) is 58.2 Å². The number of nitrogens with zero attached hydrogens (tertiary/aromatic N) is 2. The number of hydrogen-bond donors (Lipinski definition) is 0. The number of imidazole rings is 1. The minimum atomic E-state index is -2.32. The third kappa shape index (κ3) is 8.58. The van der Waals surface area contributed by atoms with E-state index in [1.54, 1.807) is 6.92 Å². The number of unbranched alkanes of at least 4 members (excludes halogenated alkanes) is 1. The molecule has 0 amide bonds.